The highest BCUT2D eigenvalue weighted by Crippen LogP contribution is 2.30. The van der Waals surface area contributed by atoms with Gasteiger partial charge in [-0.05, 0) is 12.1 Å². The van der Waals surface area contributed by atoms with Gasteiger partial charge in [-0.25, -0.2) is 8.42 Å². The van der Waals surface area contributed by atoms with Crippen molar-refractivity contribution in [2.24, 2.45) is 0 Å². The second kappa shape index (κ2) is 7.08. The van der Waals surface area contributed by atoms with Gasteiger partial charge in [-0.2, -0.15) is 4.72 Å². The molecule has 0 amide bonds. The Hall–Kier alpha value is -2.65. The van der Waals surface area contributed by atoms with Gasteiger partial charge in [0, 0.05) is 30.6 Å². The molecule has 25 heavy (non-hydrogen) atoms. The normalized spacial score (nSPS) is 12.7. The lowest BCUT2D eigenvalue weighted by molar-refractivity contribution is -0.145. The molecule has 2 aromatic carbocycles. The van der Waals surface area contributed by atoms with Gasteiger partial charge in [0.15, 0.2) is 0 Å². The first-order chi connectivity index (χ1) is 11.6. The average molecular weight is 374 g/mol. The molecule has 0 saturated carbocycles. The minimum absolute atomic E-state index is 0.106. The smallest absolute Gasteiger partial charge is 0.322 e. The minimum Gasteiger partial charge on any atom is -0.481 e. The second-order valence-electron chi connectivity index (χ2n) is 5.63. The van der Waals surface area contributed by atoms with Gasteiger partial charge in [-0.15, -0.1) is 0 Å². The number of hydrogen-bond donors (Lipinski definition) is 3. The van der Waals surface area contributed by atoms with Crippen LogP contribution in [0, 0.1) is 0 Å². The summed E-state index contributed by atoms with van der Waals surface area (Å²) in [5.41, 5.74) is 0.801. The van der Waals surface area contributed by atoms with E-state index in [-0.39, 0.29) is 4.90 Å². The highest BCUT2D eigenvalue weighted by Gasteiger charge is 2.28. The van der Waals surface area contributed by atoms with Crippen LogP contribution in [0.15, 0.2) is 41.3 Å². The molecule has 2 rings (SSSR count). The molecule has 0 saturated heterocycles. The van der Waals surface area contributed by atoms with E-state index in [1.165, 1.54) is 6.07 Å². The number of aliphatic carboxylic acids is 2. The van der Waals surface area contributed by atoms with Crippen LogP contribution in [0.3, 0.4) is 0 Å². The molecule has 134 valence electrons. The third kappa shape index (κ3) is 4.06. The van der Waals surface area contributed by atoms with Gasteiger partial charge in [-0.1, -0.05) is 24.3 Å². The molecule has 0 fully saturated rings. The largest absolute Gasteiger partial charge is 0.481 e. The number of sulfonamides is 1. The Kier molecular flexibility index (Phi) is 5.29. The molecule has 0 aliphatic carbocycles. The molecule has 8 nitrogen and oxygen atoms in total. The fourth-order valence-corrected chi connectivity index (χ4v) is 3.90. The Morgan fingerprint density at radius 3 is 2.24 bits per heavy atom. The number of hydrogen-bond acceptors (Lipinski definition) is 5. The zero-order chi connectivity index (χ0) is 18.8. The van der Waals surface area contributed by atoms with Crippen molar-refractivity contribution < 1.29 is 28.2 Å². The molecule has 1 atom stereocenters. The maximum absolute atomic E-state index is 12.6. The first-order valence-electron chi connectivity index (χ1n) is 7.29. The predicted octanol–water partition coefficient (Wildman–Crippen LogP) is 1.11. The number of anilines is 1. The summed E-state index contributed by atoms with van der Waals surface area (Å²) >= 11 is 0. The maximum atomic E-state index is 12.6. The molecule has 2 aromatic rings. The van der Waals surface area contributed by atoms with Crippen LogP contribution >= 0.6 is 0 Å². The monoisotopic (exact) mass is 374 g/mol. The first kappa shape index (κ1) is 18.7. The Labute approximate surface area is 144 Å². The fourth-order valence-electron chi connectivity index (χ4n) is 2.49. The van der Waals surface area contributed by atoms with Crippen LogP contribution in [0.1, 0.15) is 6.42 Å². The predicted molar refractivity (Wildman–Crippen MR) is 92.3 cm³/mol. The number of carbonyl (C=O) groups is 2. The van der Waals surface area contributed by atoms with Crippen LogP contribution < -0.4 is 9.62 Å². The van der Waals surface area contributed by atoms with Crippen LogP contribution in [0.25, 0.3) is 10.8 Å². The van der Waals surface area contributed by atoms with Crippen molar-refractivity contribution in [3.8, 4) is 0 Å². The number of carboxylic acids is 2. The van der Waals surface area contributed by atoms with E-state index in [9.17, 15) is 18.0 Å². The van der Waals surface area contributed by atoms with Crippen molar-refractivity contribution in [3.63, 3.8) is 0 Å². The standard InChI is InChI=1S/C16H18N2O6S/c1-18(2)13-7-3-6-11-10(13)5-4-8-14(11)25(23,24)17-12(16(21)22)9-15(19)20/h3-8,12,17H,9H2,1-2H3,(H,19,20)(H,21,22)/t12-/m1/s1/i9+2,12+2,15+2,16+2. The first-order valence-corrected chi connectivity index (χ1v) is 8.78. The minimum atomic E-state index is -4.23. The Bertz CT molecular complexity index is 923. The third-order valence-corrected chi connectivity index (χ3v) is 5.13. The summed E-state index contributed by atoms with van der Waals surface area (Å²) in [5.74, 6) is -2.97. The molecule has 0 aliphatic heterocycles. The summed E-state index contributed by atoms with van der Waals surface area (Å²) in [4.78, 5) is 23.6. The summed E-state index contributed by atoms with van der Waals surface area (Å²) in [6.07, 6.45) is -0.859. The average Bonchev–Trinajstić information content (AvgIpc) is 2.52. The molecule has 0 heterocycles. The second-order valence-corrected chi connectivity index (χ2v) is 7.32. The molecular formula is C16H18N2O6S. The van der Waals surface area contributed by atoms with Crippen LogP contribution in [-0.2, 0) is 19.6 Å². The van der Waals surface area contributed by atoms with Gasteiger partial charge >= 0.3 is 11.9 Å². The molecular weight excluding hydrogens is 356 g/mol. The Balaban J connectivity index is 2.54. The van der Waals surface area contributed by atoms with Crippen LogP contribution in [-0.4, -0.2) is 50.7 Å². The van der Waals surface area contributed by atoms with E-state index in [2.05, 4.69) is 0 Å². The summed E-state index contributed by atoms with van der Waals surface area (Å²) < 4.78 is 27.2. The highest BCUT2D eigenvalue weighted by molar-refractivity contribution is 7.89. The molecule has 0 aromatic heterocycles. The van der Waals surface area contributed by atoms with E-state index in [1.807, 2.05) is 29.8 Å². The molecule has 0 bridgehead atoms. The quantitative estimate of drug-likeness (QED) is 0.663. The summed E-state index contributed by atoms with van der Waals surface area (Å²) in [7, 11) is -0.590. The molecule has 9 heteroatoms. The topological polar surface area (TPSA) is 124 Å². The SMILES string of the molecule is CN(C)c1cccc2c(S(=O)(=O)N[14C@H]([14CH2][14C](=O)O)[14C](=O)O)cccc12. The van der Waals surface area contributed by atoms with Crippen molar-refractivity contribution in [1.82, 2.24) is 4.72 Å². The molecule has 0 radical (unpaired) electrons. The Morgan fingerprint density at radius 1 is 1.08 bits per heavy atom. The van der Waals surface area contributed by atoms with E-state index in [0.717, 1.165) is 5.69 Å². The number of nitrogens with zero attached hydrogens (tertiary/aromatic N) is 1. The lowest BCUT2D eigenvalue weighted by Gasteiger charge is -2.18. The van der Waals surface area contributed by atoms with Crippen LogP contribution in [0.2, 0.25) is 0 Å². The lowest BCUT2D eigenvalue weighted by Crippen LogP contribution is -2.42. The number of fused-ring (bicyclic) bond motifs is 1. The summed E-state index contributed by atoms with van der Waals surface area (Å²) in [6, 6.07) is 8.05. The summed E-state index contributed by atoms with van der Waals surface area (Å²) in [5, 5.41) is 18.9. The number of nitrogens with one attached hydrogen (secondary N) is 1. The third-order valence-electron chi connectivity index (χ3n) is 3.60. The van der Waals surface area contributed by atoms with E-state index >= 15 is 0 Å². The number of rotatable bonds is 7. The van der Waals surface area contributed by atoms with Gasteiger partial charge in [0.2, 0.25) is 10.0 Å². The molecule has 0 unspecified atom stereocenters. The van der Waals surface area contributed by atoms with E-state index in [1.54, 1.807) is 24.3 Å². The van der Waals surface area contributed by atoms with Crippen molar-refractivity contribution in [1.29, 1.82) is 0 Å². The lowest BCUT2D eigenvalue weighted by atomic mass is 10.1. The van der Waals surface area contributed by atoms with Gasteiger partial charge in [0.05, 0.1) is 11.3 Å². The van der Waals surface area contributed by atoms with Gasteiger partial charge in [0.25, 0.3) is 0 Å². The van der Waals surface area contributed by atoms with Crippen LogP contribution in [0.4, 0.5) is 5.69 Å². The van der Waals surface area contributed by atoms with Crippen molar-refractivity contribution >= 4 is 38.4 Å². The molecule has 3 N–H and O–H groups in total. The van der Waals surface area contributed by atoms with Gasteiger partial charge in [0.1, 0.15) is 6.04 Å². The van der Waals surface area contributed by atoms with Gasteiger partial charge < -0.3 is 15.1 Å². The zero-order valence-corrected chi connectivity index (χ0v) is 14.4. The zero-order valence-electron chi connectivity index (χ0n) is 13.6. The van der Waals surface area contributed by atoms with Crippen molar-refractivity contribution in [2.75, 3.05) is 19.0 Å². The van der Waals surface area contributed by atoms with E-state index in [0.29, 0.717) is 10.8 Å². The van der Waals surface area contributed by atoms with E-state index in [4.69, 9.17) is 10.2 Å². The molecule has 0 spiro atoms. The maximum Gasteiger partial charge on any atom is 0.322 e. The molecule has 0 aliphatic rings. The van der Waals surface area contributed by atoms with Gasteiger partial charge in [-0.3, -0.25) is 9.59 Å². The highest BCUT2D eigenvalue weighted by atomic mass is 32.2. The van der Waals surface area contributed by atoms with Crippen molar-refractivity contribution in [3.05, 3.63) is 36.4 Å². The number of carboxylic acid groups (broad SMARTS) is 2. The number of benzene rings is 2. The Morgan fingerprint density at radius 2 is 1.68 bits per heavy atom. The van der Waals surface area contributed by atoms with E-state index < -0.39 is 34.4 Å². The van der Waals surface area contributed by atoms with Crippen LogP contribution in [0.5, 0.6) is 0 Å². The fraction of sp³-hybridized carbons (Fsp3) is 0.250. The van der Waals surface area contributed by atoms with Crippen molar-refractivity contribution in [2.45, 2.75) is 17.4 Å². The summed E-state index contributed by atoms with van der Waals surface area (Å²) in [6.45, 7) is 0.